The van der Waals surface area contributed by atoms with Crippen LogP contribution < -0.4 is 9.47 Å². The largest absolute Gasteiger partial charge is 0.497 e. The minimum Gasteiger partial charge on any atom is -0.497 e. The Morgan fingerprint density at radius 2 is 2.14 bits per heavy atom. The van der Waals surface area contributed by atoms with Crippen molar-refractivity contribution in [1.29, 1.82) is 0 Å². The van der Waals surface area contributed by atoms with Crippen molar-refractivity contribution < 1.29 is 24.5 Å². The van der Waals surface area contributed by atoms with E-state index >= 15 is 0 Å². The molecule has 0 aliphatic carbocycles. The molecule has 1 aromatic carbocycles. The van der Waals surface area contributed by atoms with Crippen molar-refractivity contribution in [2.24, 2.45) is 4.99 Å². The second kappa shape index (κ2) is 6.76. The number of β-lactam (4-membered cyclic amide) rings is 1. The Morgan fingerprint density at radius 1 is 1.41 bits per heavy atom. The predicted octanol–water partition coefficient (Wildman–Crippen LogP) is -0.163. The van der Waals surface area contributed by atoms with Crippen molar-refractivity contribution >= 4 is 12.6 Å². The first-order chi connectivity index (χ1) is 10.6. The van der Waals surface area contributed by atoms with Gasteiger partial charge in [0.2, 0.25) is 5.91 Å². The van der Waals surface area contributed by atoms with Gasteiger partial charge in [-0.05, 0) is 18.9 Å². The number of amides is 1. The molecule has 22 heavy (non-hydrogen) atoms. The maximum atomic E-state index is 12.1. The lowest BCUT2D eigenvalue weighted by Gasteiger charge is -2.47. The van der Waals surface area contributed by atoms with Crippen LogP contribution in [0, 0.1) is 0 Å². The van der Waals surface area contributed by atoms with Gasteiger partial charge in [-0.1, -0.05) is 0 Å². The number of aliphatic hydroxyl groups is 2. The molecule has 0 saturated carbocycles. The van der Waals surface area contributed by atoms with Crippen LogP contribution >= 0.6 is 0 Å². The number of aliphatic hydroxyl groups excluding tert-OH is 2. The first-order valence-electron chi connectivity index (χ1n) is 6.83. The number of nitrogens with zero attached hydrogens (tertiary/aromatic N) is 2. The molecule has 2 rings (SSSR count). The third kappa shape index (κ3) is 2.77. The Kier molecular flexibility index (Phi) is 4.99. The maximum Gasteiger partial charge on any atom is 0.250 e. The molecule has 1 aliphatic heterocycles. The zero-order valence-electron chi connectivity index (χ0n) is 12.6. The molecule has 1 aliphatic rings. The summed E-state index contributed by atoms with van der Waals surface area (Å²) in [6.07, 6.45) is -1.06. The molecule has 1 aromatic rings. The van der Waals surface area contributed by atoms with E-state index in [1.165, 1.54) is 12.0 Å². The van der Waals surface area contributed by atoms with E-state index in [4.69, 9.17) is 14.6 Å². The summed E-state index contributed by atoms with van der Waals surface area (Å²) in [5.41, 5.74) is 0.773. The second-order valence-corrected chi connectivity index (χ2v) is 5.01. The van der Waals surface area contributed by atoms with Gasteiger partial charge in [-0.25, -0.2) is 0 Å². The normalized spacial score (nSPS) is 22.0. The number of likely N-dealkylation sites (tertiary alicyclic amines) is 1. The van der Waals surface area contributed by atoms with Gasteiger partial charge < -0.3 is 24.6 Å². The van der Waals surface area contributed by atoms with Crippen molar-refractivity contribution in [3.63, 3.8) is 0 Å². The summed E-state index contributed by atoms with van der Waals surface area (Å²) >= 11 is 0. The Balaban J connectivity index is 2.22. The van der Waals surface area contributed by atoms with Gasteiger partial charge in [0, 0.05) is 18.2 Å². The Labute approximate surface area is 128 Å². The Morgan fingerprint density at radius 3 is 2.68 bits per heavy atom. The number of rotatable bonds is 7. The molecule has 0 radical (unpaired) electrons. The molecule has 120 valence electrons. The van der Waals surface area contributed by atoms with Crippen LogP contribution in [0.5, 0.6) is 11.5 Å². The van der Waals surface area contributed by atoms with Crippen LogP contribution in [-0.2, 0) is 11.3 Å². The van der Waals surface area contributed by atoms with Crippen molar-refractivity contribution in [3.8, 4) is 11.5 Å². The van der Waals surface area contributed by atoms with Crippen LogP contribution in [0.1, 0.15) is 5.56 Å². The Hall–Kier alpha value is -2.12. The lowest BCUT2D eigenvalue weighted by molar-refractivity contribution is -0.158. The van der Waals surface area contributed by atoms with Gasteiger partial charge in [-0.3, -0.25) is 9.79 Å². The summed E-state index contributed by atoms with van der Waals surface area (Å²) in [4.78, 5) is 17.3. The highest BCUT2D eigenvalue weighted by Crippen LogP contribution is 2.32. The molecule has 0 bridgehead atoms. The molecule has 3 atom stereocenters. The molecule has 1 heterocycles. The fourth-order valence-corrected chi connectivity index (χ4v) is 2.61. The smallest absolute Gasteiger partial charge is 0.250 e. The number of hydrogen-bond acceptors (Lipinski definition) is 6. The Bertz CT molecular complexity index is 563. The van der Waals surface area contributed by atoms with Gasteiger partial charge in [0.05, 0.1) is 26.9 Å². The number of benzene rings is 1. The number of carbonyl (C=O) groups excluding carboxylic acids is 1. The van der Waals surface area contributed by atoms with Gasteiger partial charge in [0.25, 0.3) is 0 Å². The summed E-state index contributed by atoms with van der Waals surface area (Å²) in [5, 5.41) is 19.0. The molecule has 7 nitrogen and oxygen atoms in total. The minimum absolute atomic E-state index is 0.231. The minimum atomic E-state index is -1.06. The van der Waals surface area contributed by atoms with Gasteiger partial charge in [-0.15, -0.1) is 0 Å². The number of hydrogen-bond donors (Lipinski definition) is 2. The van der Waals surface area contributed by atoms with Crippen molar-refractivity contribution in [1.82, 2.24) is 4.90 Å². The second-order valence-electron chi connectivity index (χ2n) is 5.01. The van der Waals surface area contributed by atoms with E-state index in [0.29, 0.717) is 11.5 Å². The summed E-state index contributed by atoms with van der Waals surface area (Å²) in [7, 11) is 3.09. The summed E-state index contributed by atoms with van der Waals surface area (Å²) in [5.74, 6) is 0.998. The highest BCUT2D eigenvalue weighted by molar-refractivity contribution is 5.90. The average molecular weight is 308 g/mol. The SMILES string of the molecule is C=N[C@@H]1C(=O)N(Cc2ccc(OC)cc2OC)C1[C@@H](O)CO. The molecular formula is C15H20N2O5. The first-order valence-corrected chi connectivity index (χ1v) is 6.83. The van der Waals surface area contributed by atoms with Gasteiger partial charge >= 0.3 is 0 Å². The van der Waals surface area contributed by atoms with Gasteiger partial charge in [0.1, 0.15) is 17.6 Å². The topological polar surface area (TPSA) is 91.6 Å². The van der Waals surface area contributed by atoms with Gasteiger partial charge in [-0.2, -0.15) is 0 Å². The van der Waals surface area contributed by atoms with E-state index in [0.717, 1.165) is 5.56 Å². The monoisotopic (exact) mass is 308 g/mol. The molecule has 1 saturated heterocycles. The summed E-state index contributed by atoms with van der Waals surface area (Å²) in [6, 6.07) is 3.98. The van der Waals surface area contributed by atoms with Crippen molar-refractivity contribution in [3.05, 3.63) is 23.8 Å². The lowest BCUT2D eigenvalue weighted by Crippen LogP contribution is -2.68. The van der Waals surface area contributed by atoms with E-state index in [-0.39, 0.29) is 12.5 Å². The number of methoxy groups -OCH3 is 2. The zero-order valence-corrected chi connectivity index (χ0v) is 12.6. The van der Waals surface area contributed by atoms with E-state index < -0.39 is 24.8 Å². The number of ether oxygens (including phenoxy) is 2. The molecule has 7 heteroatoms. The average Bonchev–Trinajstić information content (AvgIpc) is 2.56. The van der Waals surface area contributed by atoms with Crippen molar-refractivity contribution in [2.75, 3.05) is 20.8 Å². The zero-order chi connectivity index (χ0) is 16.3. The maximum absolute atomic E-state index is 12.1. The highest BCUT2D eigenvalue weighted by Gasteiger charge is 2.50. The van der Waals surface area contributed by atoms with Crippen LogP contribution in [0.15, 0.2) is 23.2 Å². The van der Waals surface area contributed by atoms with E-state index in [1.807, 2.05) is 0 Å². The van der Waals surface area contributed by atoms with E-state index in [9.17, 15) is 9.90 Å². The van der Waals surface area contributed by atoms with Crippen LogP contribution in [0.2, 0.25) is 0 Å². The highest BCUT2D eigenvalue weighted by atomic mass is 16.5. The fraction of sp³-hybridized carbons (Fsp3) is 0.467. The third-order valence-electron chi connectivity index (χ3n) is 3.83. The van der Waals surface area contributed by atoms with Crippen LogP contribution in [0.25, 0.3) is 0 Å². The summed E-state index contributed by atoms with van der Waals surface area (Å²) in [6.45, 7) is 3.17. The quantitative estimate of drug-likeness (QED) is 0.539. The third-order valence-corrected chi connectivity index (χ3v) is 3.83. The molecule has 1 fully saturated rings. The molecular weight excluding hydrogens is 288 g/mol. The standard InChI is InChI=1S/C15H20N2O5/c1-16-13-14(11(19)8-18)17(15(13)20)7-9-4-5-10(21-2)6-12(9)22-3/h4-6,11,13-14,18-19H,1,7-8H2,2-3H3/t11-,13-,14?/m0/s1. The van der Waals surface area contributed by atoms with Crippen LogP contribution in [0.3, 0.4) is 0 Å². The molecule has 0 spiro atoms. The predicted molar refractivity (Wildman–Crippen MR) is 80.3 cm³/mol. The molecule has 2 N–H and O–H groups in total. The van der Waals surface area contributed by atoms with Gasteiger partial charge in [0.15, 0.2) is 6.04 Å². The van der Waals surface area contributed by atoms with Crippen molar-refractivity contribution in [2.45, 2.75) is 24.7 Å². The summed E-state index contributed by atoms with van der Waals surface area (Å²) < 4.78 is 10.4. The van der Waals surface area contributed by atoms with Crippen LogP contribution in [-0.4, -0.2) is 66.8 Å². The van der Waals surface area contributed by atoms with Crippen LogP contribution in [0.4, 0.5) is 0 Å². The molecule has 0 aromatic heterocycles. The number of carbonyl (C=O) groups is 1. The fourth-order valence-electron chi connectivity index (χ4n) is 2.61. The lowest BCUT2D eigenvalue weighted by atomic mass is 9.90. The molecule has 1 amide bonds. The molecule has 1 unspecified atom stereocenters. The first kappa shape index (κ1) is 16.3. The van der Waals surface area contributed by atoms with E-state index in [1.54, 1.807) is 25.3 Å². The van der Waals surface area contributed by atoms with E-state index in [2.05, 4.69) is 11.7 Å². The number of aliphatic imine (C=N–C) groups is 1.